The molecular formula is C5H7F4. The molecule has 2 atom stereocenters. The maximum atomic E-state index is 11.7. The molecule has 0 aliphatic rings. The molecule has 0 aromatic heterocycles. The summed E-state index contributed by atoms with van der Waals surface area (Å²) < 4.78 is 45.8. The fourth-order valence-corrected chi connectivity index (χ4v) is 0.374. The van der Waals surface area contributed by atoms with Gasteiger partial charge in [-0.1, -0.05) is 0 Å². The highest BCUT2D eigenvalue weighted by atomic mass is 19.3. The largest absolute Gasteiger partial charge is 0.343 e. The van der Waals surface area contributed by atoms with Crippen molar-refractivity contribution in [3.63, 3.8) is 0 Å². The predicted octanol–water partition coefficient (Wildman–Crippen LogP) is 2.50. The summed E-state index contributed by atoms with van der Waals surface area (Å²) in [5.74, 6) is 0. The van der Waals surface area contributed by atoms with Crippen LogP contribution in [0.3, 0.4) is 0 Å². The standard InChI is InChI=1S/C5H7F4/c1-3(6)2-4(7)5(8)9/h3-4H,2H2,1H3. The normalized spacial score (nSPS) is 18.0. The van der Waals surface area contributed by atoms with Gasteiger partial charge in [0, 0.05) is 6.42 Å². The van der Waals surface area contributed by atoms with E-state index in [-0.39, 0.29) is 0 Å². The zero-order valence-corrected chi connectivity index (χ0v) is 4.87. The van der Waals surface area contributed by atoms with E-state index in [4.69, 9.17) is 0 Å². The fraction of sp³-hybridized carbons (Fsp3) is 0.800. The Morgan fingerprint density at radius 2 is 1.78 bits per heavy atom. The van der Waals surface area contributed by atoms with Gasteiger partial charge in [0.1, 0.15) is 6.17 Å². The Bertz CT molecular complexity index is 71.4. The van der Waals surface area contributed by atoms with Crippen molar-refractivity contribution in [3.05, 3.63) is 6.43 Å². The van der Waals surface area contributed by atoms with Crippen LogP contribution in [0.15, 0.2) is 0 Å². The Labute approximate surface area is 50.9 Å². The molecule has 0 fully saturated rings. The van der Waals surface area contributed by atoms with Crippen LogP contribution in [-0.4, -0.2) is 12.3 Å². The van der Waals surface area contributed by atoms with Gasteiger partial charge in [-0.15, -0.1) is 0 Å². The first-order valence-corrected chi connectivity index (χ1v) is 2.50. The SMILES string of the molecule is CC(F)CC(F)[C](F)F. The summed E-state index contributed by atoms with van der Waals surface area (Å²) in [6.45, 7) is 1.04. The molecule has 0 aromatic carbocycles. The van der Waals surface area contributed by atoms with Crippen molar-refractivity contribution in [3.8, 4) is 0 Å². The minimum Gasteiger partial charge on any atom is -0.248 e. The van der Waals surface area contributed by atoms with E-state index in [2.05, 4.69) is 0 Å². The third-order valence-electron chi connectivity index (χ3n) is 0.769. The van der Waals surface area contributed by atoms with Crippen molar-refractivity contribution in [2.75, 3.05) is 0 Å². The average Bonchev–Trinajstić information content (AvgIpc) is 1.63. The monoisotopic (exact) mass is 143 g/mol. The highest BCUT2D eigenvalue weighted by molar-refractivity contribution is 4.75. The van der Waals surface area contributed by atoms with E-state index >= 15 is 0 Å². The summed E-state index contributed by atoms with van der Waals surface area (Å²) in [6, 6.07) is 0. The second kappa shape index (κ2) is 3.69. The highest BCUT2D eigenvalue weighted by Crippen LogP contribution is 2.19. The third kappa shape index (κ3) is 4.24. The van der Waals surface area contributed by atoms with Crippen molar-refractivity contribution in [1.29, 1.82) is 0 Å². The molecule has 0 rings (SSSR count). The molecule has 0 heterocycles. The Hall–Kier alpha value is -0.280. The molecule has 0 spiro atoms. The molecule has 55 valence electrons. The van der Waals surface area contributed by atoms with Gasteiger partial charge in [0.25, 0.3) is 0 Å². The van der Waals surface area contributed by atoms with Crippen LogP contribution < -0.4 is 0 Å². The lowest BCUT2D eigenvalue weighted by Crippen LogP contribution is -2.10. The van der Waals surface area contributed by atoms with Crippen LogP contribution in [0.1, 0.15) is 13.3 Å². The molecule has 0 saturated carbocycles. The van der Waals surface area contributed by atoms with E-state index in [1.54, 1.807) is 0 Å². The van der Waals surface area contributed by atoms with E-state index < -0.39 is 25.2 Å². The summed E-state index contributed by atoms with van der Waals surface area (Å²) in [4.78, 5) is 0. The molecule has 4 heteroatoms. The molecule has 0 aliphatic heterocycles. The lowest BCUT2D eigenvalue weighted by atomic mass is 10.2. The summed E-state index contributed by atoms with van der Waals surface area (Å²) >= 11 is 0. The fourth-order valence-electron chi connectivity index (χ4n) is 0.374. The van der Waals surface area contributed by atoms with E-state index in [0.29, 0.717) is 0 Å². The number of halogens is 4. The van der Waals surface area contributed by atoms with Gasteiger partial charge < -0.3 is 0 Å². The molecule has 2 unspecified atom stereocenters. The first kappa shape index (κ1) is 8.72. The molecule has 1 radical (unpaired) electrons. The lowest BCUT2D eigenvalue weighted by molar-refractivity contribution is 0.127. The number of alkyl halides is 2. The Morgan fingerprint density at radius 1 is 1.33 bits per heavy atom. The third-order valence-corrected chi connectivity index (χ3v) is 0.769. The van der Waals surface area contributed by atoms with Gasteiger partial charge >= 0.3 is 6.43 Å². The Balaban J connectivity index is 3.38. The van der Waals surface area contributed by atoms with E-state index in [1.165, 1.54) is 0 Å². The summed E-state index contributed by atoms with van der Waals surface area (Å²) in [5, 5.41) is 0. The van der Waals surface area contributed by atoms with Crippen LogP contribution in [0.5, 0.6) is 0 Å². The molecular weight excluding hydrogens is 136 g/mol. The van der Waals surface area contributed by atoms with Crippen molar-refractivity contribution >= 4 is 0 Å². The smallest absolute Gasteiger partial charge is 0.248 e. The van der Waals surface area contributed by atoms with E-state index in [9.17, 15) is 17.6 Å². The molecule has 0 amide bonds. The van der Waals surface area contributed by atoms with Crippen molar-refractivity contribution in [1.82, 2.24) is 0 Å². The van der Waals surface area contributed by atoms with Crippen LogP contribution in [0.25, 0.3) is 0 Å². The van der Waals surface area contributed by atoms with Gasteiger partial charge in [0.2, 0.25) is 0 Å². The molecule has 0 nitrogen and oxygen atoms in total. The molecule has 0 aromatic rings. The zero-order valence-electron chi connectivity index (χ0n) is 4.87. The summed E-state index contributed by atoms with van der Waals surface area (Å²) in [6.07, 6.45) is -7.01. The second-order valence-corrected chi connectivity index (χ2v) is 1.77. The number of hydrogen-bond donors (Lipinski definition) is 0. The number of hydrogen-bond acceptors (Lipinski definition) is 0. The summed E-state index contributed by atoms with van der Waals surface area (Å²) in [7, 11) is 0. The van der Waals surface area contributed by atoms with Crippen LogP contribution in [-0.2, 0) is 0 Å². The zero-order chi connectivity index (χ0) is 7.44. The second-order valence-electron chi connectivity index (χ2n) is 1.77. The van der Waals surface area contributed by atoms with Crippen LogP contribution in [0.4, 0.5) is 17.6 Å². The highest BCUT2D eigenvalue weighted by Gasteiger charge is 2.23. The Morgan fingerprint density at radius 3 is 1.89 bits per heavy atom. The van der Waals surface area contributed by atoms with Gasteiger partial charge in [-0.05, 0) is 6.92 Å². The lowest BCUT2D eigenvalue weighted by Gasteiger charge is -2.04. The van der Waals surface area contributed by atoms with Gasteiger partial charge in [-0.2, -0.15) is 8.78 Å². The van der Waals surface area contributed by atoms with E-state index in [1.807, 2.05) is 0 Å². The van der Waals surface area contributed by atoms with Crippen LogP contribution in [0, 0.1) is 6.43 Å². The van der Waals surface area contributed by atoms with Gasteiger partial charge in [-0.25, -0.2) is 8.78 Å². The van der Waals surface area contributed by atoms with Crippen LogP contribution in [0.2, 0.25) is 0 Å². The molecule has 0 bridgehead atoms. The first-order valence-electron chi connectivity index (χ1n) is 2.50. The maximum Gasteiger partial charge on any atom is 0.343 e. The molecule has 0 aliphatic carbocycles. The van der Waals surface area contributed by atoms with Gasteiger partial charge in [-0.3, -0.25) is 0 Å². The van der Waals surface area contributed by atoms with Crippen molar-refractivity contribution < 1.29 is 17.6 Å². The maximum absolute atomic E-state index is 11.7. The van der Waals surface area contributed by atoms with E-state index in [0.717, 1.165) is 6.92 Å². The summed E-state index contributed by atoms with van der Waals surface area (Å²) in [5.41, 5.74) is 0. The Kier molecular flexibility index (Phi) is 3.58. The quantitative estimate of drug-likeness (QED) is 0.532. The van der Waals surface area contributed by atoms with Crippen molar-refractivity contribution in [2.45, 2.75) is 25.7 Å². The minimum atomic E-state index is -2.40. The minimum absolute atomic E-state index is 0.748. The average molecular weight is 143 g/mol. The first-order chi connectivity index (χ1) is 4.04. The molecule has 0 saturated heterocycles. The van der Waals surface area contributed by atoms with Gasteiger partial charge in [0.05, 0.1) is 0 Å². The van der Waals surface area contributed by atoms with Crippen LogP contribution >= 0.6 is 0 Å². The predicted molar refractivity (Wildman–Crippen MR) is 25.5 cm³/mol. The molecule has 9 heavy (non-hydrogen) atoms. The number of rotatable bonds is 3. The topological polar surface area (TPSA) is 0 Å². The van der Waals surface area contributed by atoms with Gasteiger partial charge in [0.15, 0.2) is 6.17 Å². The van der Waals surface area contributed by atoms with Crippen molar-refractivity contribution in [2.24, 2.45) is 0 Å². The molecule has 0 N–H and O–H groups in total.